The van der Waals surface area contributed by atoms with Gasteiger partial charge < -0.3 is 14.4 Å². The molecule has 0 spiro atoms. The number of likely N-dealkylation sites (tertiary alicyclic amines) is 1. The quantitative estimate of drug-likeness (QED) is 0.493. The second-order valence-electron chi connectivity index (χ2n) is 8.66. The number of para-hydroxylation sites is 2. The minimum Gasteiger partial charge on any atom is -0.459 e. The molecule has 4 rings (SSSR count). The molecule has 0 saturated carbocycles. The third-order valence-electron chi connectivity index (χ3n) is 5.02. The summed E-state index contributed by atoms with van der Waals surface area (Å²) in [6.07, 6.45) is 0.219. The molecule has 1 fully saturated rings. The lowest BCUT2D eigenvalue weighted by Gasteiger charge is -2.24. The van der Waals surface area contributed by atoms with Crippen molar-refractivity contribution < 1.29 is 14.3 Å². The van der Waals surface area contributed by atoms with Crippen LogP contribution in [0.25, 0.3) is 11.0 Å². The van der Waals surface area contributed by atoms with Crippen LogP contribution in [0, 0.1) is 0 Å². The molecule has 1 aliphatic heterocycles. The number of amides is 1. The minimum absolute atomic E-state index is 0.169. The van der Waals surface area contributed by atoms with Crippen molar-refractivity contribution in [1.29, 1.82) is 0 Å². The van der Waals surface area contributed by atoms with Crippen LogP contribution in [0.1, 0.15) is 32.8 Å². The lowest BCUT2D eigenvalue weighted by Crippen LogP contribution is -2.36. The summed E-state index contributed by atoms with van der Waals surface area (Å²) in [6.45, 7) is 7.09. The zero-order valence-electron chi connectivity index (χ0n) is 17.8. The van der Waals surface area contributed by atoms with Crippen molar-refractivity contribution >= 4 is 40.3 Å². The molecule has 1 saturated heterocycles. The Morgan fingerprint density at radius 2 is 1.97 bits per heavy atom. The minimum atomic E-state index is -0.528. The maximum atomic E-state index is 12.4. The van der Waals surface area contributed by atoms with Crippen LogP contribution in [-0.4, -0.2) is 45.3 Å². The molecule has 31 heavy (non-hydrogen) atoms. The molecule has 0 bridgehead atoms. The van der Waals surface area contributed by atoms with Gasteiger partial charge in [-0.1, -0.05) is 35.3 Å². The molecule has 0 radical (unpaired) electrons. The molecule has 3 aromatic rings. The number of nitrogens with zero attached hydrogens (tertiary/aromatic N) is 3. The van der Waals surface area contributed by atoms with Gasteiger partial charge in [0.2, 0.25) is 0 Å². The first kappa shape index (κ1) is 21.8. The van der Waals surface area contributed by atoms with E-state index >= 15 is 0 Å². The molecule has 0 unspecified atom stereocenters. The highest BCUT2D eigenvalue weighted by molar-refractivity contribution is 6.33. The maximum absolute atomic E-state index is 12.4. The van der Waals surface area contributed by atoms with Gasteiger partial charge in [0.25, 0.3) is 6.01 Å². The number of hydrogen-bond acceptors (Lipinski definition) is 4. The predicted octanol–water partition coefficient (Wildman–Crippen LogP) is 5.78. The number of benzene rings is 2. The fraction of sp³-hybridized carbons (Fsp3) is 0.391. The second-order valence-corrected chi connectivity index (χ2v) is 9.50. The number of fused-ring (bicyclic) bond motifs is 1. The van der Waals surface area contributed by atoms with E-state index in [0.29, 0.717) is 42.1 Å². The van der Waals surface area contributed by atoms with Crippen molar-refractivity contribution in [3.63, 3.8) is 0 Å². The fourth-order valence-electron chi connectivity index (χ4n) is 3.60. The molecule has 0 N–H and O–H groups in total. The highest BCUT2D eigenvalue weighted by Crippen LogP contribution is 2.28. The van der Waals surface area contributed by atoms with E-state index in [9.17, 15) is 4.79 Å². The van der Waals surface area contributed by atoms with E-state index in [1.165, 1.54) is 0 Å². The number of halogens is 2. The third-order valence-corrected chi connectivity index (χ3v) is 5.63. The molecule has 1 aliphatic rings. The third kappa shape index (κ3) is 5.08. The van der Waals surface area contributed by atoms with Crippen molar-refractivity contribution in [2.24, 2.45) is 0 Å². The van der Waals surface area contributed by atoms with Gasteiger partial charge in [-0.05, 0) is 56.7 Å². The second kappa shape index (κ2) is 8.60. The van der Waals surface area contributed by atoms with E-state index in [4.69, 9.17) is 32.7 Å². The number of ether oxygens (including phenoxy) is 2. The molecule has 8 heteroatoms. The molecular formula is C23H25Cl2N3O3. The van der Waals surface area contributed by atoms with Gasteiger partial charge in [-0.25, -0.2) is 4.79 Å². The zero-order chi connectivity index (χ0) is 22.2. The lowest BCUT2D eigenvalue weighted by molar-refractivity contribution is 0.0273. The normalized spacial score (nSPS) is 16.7. The first-order chi connectivity index (χ1) is 14.7. The summed E-state index contributed by atoms with van der Waals surface area (Å²) in [4.78, 5) is 18.7. The van der Waals surface area contributed by atoms with Crippen molar-refractivity contribution in [3.8, 4) is 6.01 Å². The Balaban J connectivity index is 1.56. The number of carbonyl (C=O) groups excluding carboxylic acids is 1. The van der Waals surface area contributed by atoms with E-state index in [2.05, 4.69) is 4.98 Å². The summed E-state index contributed by atoms with van der Waals surface area (Å²) < 4.78 is 13.7. The van der Waals surface area contributed by atoms with Gasteiger partial charge in [0.05, 0.1) is 24.1 Å². The predicted molar refractivity (Wildman–Crippen MR) is 122 cm³/mol. The summed E-state index contributed by atoms with van der Waals surface area (Å²) in [5.74, 6) is 0. The van der Waals surface area contributed by atoms with Gasteiger partial charge in [0, 0.05) is 23.0 Å². The monoisotopic (exact) mass is 461 g/mol. The van der Waals surface area contributed by atoms with Crippen LogP contribution in [0.2, 0.25) is 10.0 Å². The van der Waals surface area contributed by atoms with Crippen LogP contribution >= 0.6 is 23.2 Å². The van der Waals surface area contributed by atoms with Crippen molar-refractivity contribution in [2.75, 3.05) is 13.1 Å². The SMILES string of the molecule is CC(C)(C)OC(=O)N1CC[C@H](Oc2nc3ccccc3n2Cc2cc(Cl)ccc2Cl)C1. The largest absolute Gasteiger partial charge is 0.459 e. The molecule has 1 atom stereocenters. The first-order valence-corrected chi connectivity index (χ1v) is 11.0. The van der Waals surface area contributed by atoms with E-state index in [0.717, 1.165) is 16.6 Å². The summed E-state index contributed by atoms with van der Waals surface area (Å²) in [6, 6.07) is 13.7. The van der Waals surface area contributed by atoms with Gasteiger partial charge in [0.1, 0.15) is 11.7 Å². The first-order valence-electron chi connectivity index (χ1n) is 10.2. The zero-order valence-corrected chi connectivity index (χ0v) is 19.3. The van der Waals surface area contributed by atoms with Crippen molar-refractivity contribution in [3.05, 3.63) is 58.1 Å². The molecule has 2 heterocycles. The Bertz CT molecular complexity index is 1110. The summed E-state index contributed by atoms with van der Waals surface area (Å²) in [7, 11) is 0. The van der Waals surface area contributed by atoms with Crippen LogP contribution < -0.4 is 4.74 Å². The Morgan fingerprint density at radius 1 is 1.19 bits per heavy atom. The standard InChI is InChI=1S/C23H25Cl2N3O3/c1-23(2,3)31-22(29)27-11-10-17(14-27)30-21-26-19-6-4-5-7-20(19)28(21)13-15-12-16(24)8-9-18(15)25/h4-9,12,17H,10-11,13-14H2,1-3H3/t17-/m0/s1. The average Bonchev–Trinajstić information content (AvgIpc) is 3.29. The number of imidazole rings is 1. The fourth-order valence-corrected chi connectivity index (χ4v) is 3.97. The Morgan fingerprint density at radius 3 is 2.74 bits per heavy atom. The van der Waals surface area contributed by atoms with Gasteiger partial charge >= 0.3 is 6.09 Å². The molecule has 1 amide bonds. The molecular weight excluding hydrogens is 437 g/mol. The van der Waals surface area contributed by atoms with Gasteiger partial charge in [-0.2, -0.15) is 4.98 Å². The maximum Gasteiger partial charge on any atom is 0.410 e. The van der Waals surface area contributed by atoms with E-state index in [1.54, 1.807) is 17.0 Å². The summed E-state index contributed by atoms with van der Waals surface area (Å²) >= 11 is 12.6. The highest BCUT2D eigenvalue weighted by Gasteiger charge is 2.32. The topological polar surface area (TPSA) is 56.6 Å². The number of rotatable bonds is 4. The summed E-state index contributed by atoms with van der Waals surface area (Å²) in [5.41, 5.74) is 2.12. The molecule has 1 aromatic heterocycles. The van der Waals surface area contributed by atoms with Crippen LogP contribution in [-0.2, 0) is 11.3 Å². The van der Waals surface area contributed by atoms with E-state index in [1.807, 2.05) is 55.7 Å². The molecule has 6 nitrogen and oxygen atoms in total. The van der Waals surface area contributed by atoms with Crippen LogP contribution in [0.3, 0.4) is 0 Å². The molecule has 0 aliphatic carbocycles. The van der Waals surface area contributed by atoms with Crippen molar-refractivity contribution in [2.45, 2.75) is 45.4 Å². The summed E-state index contributed by atoms with van der Waals surface area (Å²) in [5, 5.41) is 1.25. The van der Waals surface area contributed by atoms with Gasteiger partial charge in [-0.15, -0.1) is 0 Å². The van der Waals surface area contributed by atoms with E-state index in [-0.39, 0.29) is 12.2 Å². The average molecular weight is 462 g/mol. The number of aromatic nitrogens is 2. The van der Waals surface area contributed by atoms with E-state index < -0.39 is 5.60 Å². The van der Waals surface area contributed by atoms with Crippen LogP contribution in [0.4, 0.5) is 4.79 Å². The molecule has 2 aromatic carbocycles. The van der Waals surface area contributed by atoms with Crippen LogP contribution in [0.15, 0.2) is 42.5 Å². The Hall–Kier alpha value is -2.44. The highest BCUT2D eigenvalue weighted by atomic mass is 35.5. The van der Waals surface area contributed by atoms with Crippen LogP contribution in [0.5, 0.6) is 6.01 Å². The van der Waals surface area contributed by atoms with Gasteiger partial charge in [-0.3, -0.25) is 4.57 Å². The van der Waals surface area contributed by atoms with Crippen molar-refractivity contribution in [1.82, 2.24) is 14.5 Å². The lowest BCUT2D eigenvalue weighted by atomic mass is 10.2. The number of carbonyl (C=O) groups is 1. The smallest absolute Gasteiger partial charge is 0.410 e. The molecule has 164 valence electrons. The van der Waals surface area contributed by atoms with Gasteiger partial charge in [0.15, 0.2) is 0 Å². The Labute approximate surface area is 191 Å². The Kier molecular flexibility index (Phi) is 6.04. The number of hydrogen-bond donors (Lipinski definition) is 0.